The van der Waals surface area contributed by atoms with E-state index in [0.29, 0.717) is 5.92 Å². The summed E-state index contributed by atoms with van der Waals surface area (Å²) in [7, 11) is 0. The number of amides is 1. The number of nitrogens with one attached hydrogen (secondary N) is 1. The molecule has 0 atom stereocenters. The van der Waals surface area contributed by atoms with E-state index >= 15 is 0 Å². The summed E-state index contributed by atoms with van der Waals surface area (Å²) in [5, 5.41) is 14.7. The average molecular weight is 305 g/mol. The number of nitro groups is 1. The standard InChI is InChI=1S/C15H19N3O4/c19-15(17-16-10-12-6-2-1-3-7-12)11-22-14-9-5-4-8-13(14)18(20)21/h4-5,8-10,12H,1-3,6-7,11H2,(H,17,19)/b16-10+. The van der Waals surface area contributed by atoms with E-state index in [1.807, 2.05) is 0 Å². The van der Waals surface area contributed by atoms with Gasteiger partial charge in [-0.1, -0.05) is 31.4 Å². The Bertz CT molecular complexity index is 553. The predicted molar refractivity (Wildman–Crippen MR) is 81.8 cm³/mol. The summed E-state index contributed by atoms with van der Waals surface area (Å²) >= 11 is 0. The van der Waals surface area contributed by atoms with Gasteiger partial charge in [0.25, 0.3) is 5.91 Å². The van der Waals surface area contributed by atoms with Crippen LogP contribution in [0.25, 0.3) is 0 Å². The monoisotopic (exact) mass is 305 g/mol. The van der Waals surface area contributed by atoms with Crippen LogP contribution in [0.1, 0.15) is 32.1 Å². The Balaban J connectivity index is 1.78. The maximum absolute atomic E-state index is 11.6. The van der Waals surface area contributed by atoms with Crippen molar-refractivity contribution < 1.29 is 14.5 Å². The topological polar surface area (TPSA) is 93.8 Å². The number of hydrazone groups is 1. The molecule has 1 aromatic carbocycles. The van der Waals surface area contributed by atoms with Crippen LogP contribution in [0.2, 0.25) is 0 Å². The molecule has 0 heterocycles. The van der Waals surface area contributed by atoms with E-state index in [1.54, 1.807) is 18.3 Å². The highest BCUT2D eigenvalue weighted by Gasteiger charge is 2.15. The zero-order valence-electron chi connectivity index (χ0n) is 12.2. The fourth-order valence-electron chi connectivity index (χ4n) is 2.40. The molecule has 0 radical (unpaired) electrons. The van der Waals surface area contributed by atoms with Gasteiger partial charge < -0.3 is 4.74 Å². The van der Waals surface area contributed by atoms with E-state index in [0.717, 1.165) is 12.8 Å². The second-order valence-corrected chi connectivity index (χ2v) is 5.22. The van der Waals surface area contributed by atoms with Crippen molar-refractivity contribution in [3.63, 3.8) is 0 Å². The first-order valence-electron chi connectivity index (χ1n) is 7.35. The number of carbonyl (C=O) groups is 1. The van der Waals surface area contributed by atoms with Crippen LogP contribution in [0.4, 0.5) is 5.69 Å². The van der Waals surface area contributed by atoms with Crippen molar-refractivity contribution >= 4 is 17.8 Å². The first-order chi connectivity index (χ1) is 10.7. The summed E-state index contributed by atoms with van der Waals surface area (Å²) < 4.78 is 5.18. The van der Waals surface area contributed by atoms with Gasteiger partial charge in [-0.2, -0.15) is 5.10 Å². The molecule has 1 N–H and O–H groups in total. The molecule has 0 spiro atoms. The lowest BCUT2D eigenvalue weighted by Crippen LogP contribution is -2.25. The van der Waals surface area contributed by atoms with Gasteiger partial charge in [0, 0.05) is 12.3 Å². The molecule has 1 aromatic rings. The van der Waals surface area contributed by atoms with Gasteiger partial charge in [0.2, 0.25) is 0 Å². The van der Waals surface area contributed by atoms with Crippen LogP contribution < -0.4 is 10.2 Å². The van der Waals surface area contributed by atoms with E-state index in [2.05, 4.69) is 10.5 Å². The molecular weight excluding hydrogens is 286 g/mol. The quantitative estimate of drug-likeness (QED) is 0.496. The van der Waals surface area contributed by atoms with Crippen molar-refractivity contribution in [2.45, 2.75) is 32.1 Å². The molecule has 7 nitrogen and oxygen atoms in total. The molecule has 1 saturated carbocycles. The molecule has 22 heavy (non-hydrogen) atoms. The maximum atomic E-state index is 11.6. The maximum Gasteiger partial charge on any atom is 0.310 e. The molecule has 7 heteroatoms. The highest BCUT2D eigenvalue weighted by molar-refractivity contribution is 5.78. The minimum absolute atomic E-state index is 0.0684. The average Bonchev–Trinajstić information content (AvgIpc) is 2.54. The van der Waals surface area contributed by atoms with Crippen LogP contribution in [-0.4, -0.2) is 23.7 Å². The third-order valence-electron chi connectivity index (χ3n) is 3.55. The highest BCUT2D eigenvalue weighted by Crippen LogP contribution is 2.25. The molecule has 118 valence electrons. The minimum Gasteiger partial charge on any atom is -0.477 e. The fraction of sp³-hybridized carbons (Fsp3) is 0.467. The van der Waals surface area contributed by atoms with Crippen LogP contribution in [-0.2, 0) is 4.79 Å². The lowest BCUT2D eigenvalue weighted by Gasteiger charge is -2.16. The number of carbonyl (C=O) groups excluding carboxylic acids is 1. The summed E-state index contributed by atoms with van der Waals surface area (Å²) in [6.07, 6.45) is 7.64. The van der Waals surface area contributed by atoms with E-state index in [-0.39, 0.29) is 18.0 Å². The largest absolute Gasteiger partial charge is 0.477 e. The molecule has 1 aliphatic rings. The number of ether oxygens (including phenoxy) is 1. The molecule has 1 amide bonds. The first kappa shape index (κ1) is 15.9. The van der Waals surface area contributed by atoms with Crippen molar-refractivity contribution in [3.05, 3.63) is 34.4 Å². The molecule has 1 fully saturated rings. The minimum atomic E-state index is -0.547. The SMILES string of the molecule is O=C(COc1ccccc1[N+](=O)[O-])N/N=C/C1CCCCC1. The van der Waals surface area contributed by atoms with Gasteiger partial charge in [-0.15, -0.1) is 0 Å². The van der Waals surface area contributed by atoms with Crippen LogP contribution in [0, 0.1) is 16.0 Å². The van der Waals surface area contributed by atoms with Gasteiger partial charge in [-0.05, 0) is 24.8 Å². The third kappa shape index (κ3) is 4.83. The number of para-hydroxylation sites is 2. The van der Waals surface area contributed by atoms with Gasteiger partial charge in [-0.3, -0.25) is 14.9 Å². The lowest BCUT2D eigenvalue weighted by atomic mass is 9.90. The Hall–Kier alpha value is -2.44. The van der Waals surface area contributed by atoms with Gasteiger partial charge in [-0.25, -0.2) is 5.43 Å². The van der Waals surface area contributed by atoms with Crippen LogP contribution in [0.5, 0.6) is 5.75 Å². The van der Waals surface area contributed by atoms with Crippen molar-refractivity contribution in [1.29, 1.82) is 0 Å². The Morgan fingerprint density at radius 2 is 2.09 bits per heavy atom. The van der Waals surface area contributed by atoms with Crippen molar-refractivity contribution in [3.8, 4) is 5.75 Å². The molecule has 0 unspecified atom stereocenters. The smallest absolute Gasteiger partial charge is 0.310 e. The summed E-state index contributed by atoms with van der Waals surface area (Å²) in [5.74, 6) is 0.0503. The second kappa shape index (κ2) is 8.11. The Morgan fingerprint density at radius 3 is 2.82 bits per heavy atom. The van der Waals surface area contributed by atoms with E-state index < -0.39 is 10.8 Å². The summed E-state index contributed by atoms with van der Waals surface area (Å²) in [4.78, 5) is 21.9. The Kier molecular flexibility index (Phi) is 5.88. The fourth-order valence-corrected chi connectivity index (χ4v) is 2.40. The number of nitrogens with zero attached hydrogens (tertiary/aromatic N) is 2. The zero-order valence-corrected chi connectivity index (χ0v) is 12.2. The second-order valence-electron chi connectivity index (χ2n) is 5.22. The van der Waals surface area contributed by atoms with Crippen LogP contribution >= 0.6 is 0 Å². The van der Waals surface area contributed by atoms with Crippen molar-refractivity contribution in [2.24, 2.45) is 11.0 Å². The van der Waals surface area contributed by atoms with Crippen LogP contribution in [0.3, 0.4) is 0 Å². The molecule has 0 aromatic heterocycles. The van der Waals surface area contributed by atoms with Gasteiger partial charge >= 0.3 is 5.69 Å². The van der Waals surface area contributed by atoms with Gasteiger partial charge in [0.1, 0.15) is 0 Å². The third-order valence-corrected chi connectivity index (χ3v) is 3.55. The molecule has 0 saturated heterocycles. The summed E-state index contributed by atoms with van der Waals surface area (Å²) in [6.45, 7) is -0.313. The molecule has 0 aliphatic heterocycles. The first-order valence-corrected chi connectivity index (χ1v) is 7.35. The predicted octanol–water partition coefficient (Wildman–Crippen LogP) is 2.66. The van der Waals surface area contributed by atoms with E-state index in [9.17, 15) is 14.9 Å². The lowest BCUT2D eigenvalue weighted by molar-refractivity contribution is -0.385. The highest BCUT2D eigenvalue weighted by atomic mass is 16.6. The van der Waals surface area contributed by atoms with Crippen molar-refractivity contribution in [2.75, 3.05) is 6.61 Å². The number of hydrogen-bond donors (Lipinski definition) is 1. The number of nitro benzene ring substituents is 1. The molecule has 2 rings (SSSR count). The van der Waals surface area contributed by atoms with Gasteiger partial charge in [0.15, 0.2) is 12.4 Å². The normalized spacial score (nSPS) is 15.6. The van der Waals surface area contributed by atoms with Crippen molar-refractivity contribution in [1.82, 2.24) is 5.43 Å². The summed E-state index contributed by atoms with van der Waals surface area (Å²) in [5.41, 5.74) is 2.22. The molecule has 0 bridgehead atoms. The number of rotatable bonds is 6. The Morgan fingerprint density at radius 1 is 1.36 bits per heavy atom. The molecular formula is C15H19N3O4. The van der Waals surface area contributed by atoms with E-state index in [4.69, 9.17) is 4.74 Å². The van der Waals surface area contributed by atoms with Crippen LogP contribution in [0.15, 0.2) is 29.4 Å². The zero-order chi connectivity index (χ0) is 15.8. The Labute approximate surface area is 128 Å². The number of benzene rings is 1. The number of hydrogen-bond acceptors (Lipinski definition) is 5. The summed E-state index contributed by atoms with van der Waals surface area (Å²) in [6, 6.07) is 5.94. The van der Waals surface area contributed by atoms with E-state index in [1.165, 1.54) is 31.4 Å². The van der Waals surface area contributed by atoms with Gasteiger partial charge in [0.05, 0.1) is 4.92 Å². The molecule has 1 aliphatic carbocycles.